The summed E-state index contributed by atoms with van der Waals surface area (Å²) in [4.78, 5) is 17.6. The number of hydrogen-bond donors (Lipinski definition) is 2. The Morgan fingerprint density at radius 2 is 1.62 bits per heavy atom. The third kappa shape index (κ3) is 5.48. The van der Waals surface area contributed by atoms with Crippen LogP contribution < -0.4 is 10.1 Å². The number of amides is 2. The molecule has 37 heavy (non-hydrogen) atoms. The van der Waals surface area contributed by atoms with Gasteiger partial charge in [0, 0.05) is 42.2 Å². The molecule has 3 atom stereocenters. The Morgan fingerprint density at radius 1 is 0.946 bits per heavy atom. The minimum Gasteiger partial charge on any atom is -0.495 e. The van der Waals surface area contributed by atoms with E-state index in [9.17, 15) is 9.90 Å². The van der Waals surface area contributed by atoms with Crippen LogP contribution in [0.15, 0.2) is 78.9 Å². The predicted molar refractivity (Wildman–Crippen MR) is 146 cm³/mol. The van der Waals surface area contributed by atoms with Crippen LogP contribution in [0.2, 0.25) is 0 Å². The fourth-order valence-electron chi connectivity index (χ4n) is 5.52. The molecule has 2 aliphatic rings. The number of methoxy groups -OCH3 is 1. The summed E-state index contributed by atoms with van der Waals surface area (Å²) in [6.45, 7) is 2.35. The smallest absolute Gasteiger partial charge is 0.322 e. The largest absolute Gasteiger partial charge is 0.495 e. The van der Waals surface area contributed by atoms with E-state index >= 15 is 0 Å². The first-order chi connectivity index (χ1) is 18.2. The Hall–Kier alpha value is -3.79. The minimum absolute atomic E-state index is 0.0588. The summed E-state index contributed by atoms with van der Waals surface area (Å²) in [6, 6.07) is 25.9. The lowest BCUT2D eigenvalue weighted by molar-refractivity contribution is -0.0585. The highest BCUT2D eigenvalue weighted by Crippen LogP contribution is 2.42. The summed E-state index contributed by atoms with van der Waals surface area (Å²) in [5.41, 5.74) is 3.79. The van der Waals surface area contributed by atoms with Gasteiger partial charge in [0.1, 0.15) is 5.75 Å². The zero-order chi connectivity index (χ0) is 25.6. The van der Waals surface area contributed by atoms with Crippen LogP contribution in [0.3, 0.4) is 0 Å². The second kappa shape index (κ2) is 11.5. The van der Waals surface area contributed by atoms with Gasteiger partial charge in [-0.2, -0.15) is 0 Å². The van der Waals surface area contributed by atoms with Gasteiger partial charge in [-0.3, -0.25) is 4.90 Å². The summed E-state index contributed by atoms with van der Waals surface area (Å²) in [7, 11) is 1.60. The Kier molecular flexibility index (Phi) is 7.74. The summed E-state index contributed by atoms with van der Waals surface area (Å²) in [5.74, 6) is 7.24. The van der Waals surface area contributed by atoms with E-state index < -0.39 is 0 Å². The molecule has 6 nitrogen and oxygen atoms in total. The number of ether oxygens (including phenoxy) is 1. The fourth-order valence-corrected chi connectivity index (χ4v) is 5.52. The van der Waals surface area contributed by atoms with Crippen molar-refractivity contribution < 1.29 is 14.6 Å². The normalized spacial score (nSPS) is 21.4. The number of carbonyl (C=O) groups is 1. The zero-order valence-electron chi connectivity index (χ0n) is 21.1. The minimum atomic E-state index is -0.121. The monoisotopic (exact) mass is 495 g/mol. The van der Waals surface area contributed by atoms with E-state index in [1.807, 2.05) is 59.5 Å². The molecule has 2 heterocycles. The Bertz CT molecular complexity index is 1270. The number of benzene rings is 3. The van der Waals surface area contributed by atoms with Gasteiger partial charge < -0.3 is 20.1 Å². The van der Waals surface area contributed by atoms with Gasteiger partial charge in [0.2, 0.25) is 0 Å². The molecule has 0 bridgehead atoms. The standard InChI is InChI=1S/C31H33N3O3/c1-37-29-12-6-5-11-26(29)32-31(36)33-19-7-8-20-34-27(21-33)30(28(34)22-35)25-17-15-24(16-18-25)14-13-23-9-3-2-4-10-23/h2-6,9-12,15-18,27-28,30,35H,7-8,19-22H2,1H3,(H,32,36)/t27-,28-,30-/m0/s1. The molecule has 190 valence electrons. The number of nitrogens with one attached hydrogen (secondary N) is 1. The van der Waals surface area contributed by atoms with Crippen LogP contribution in [-0.2, 0) is 0 Å². The van der Waals surface area contributed by atoms with Crippen molar-refractivity contribution in [2.24, 2.45) is 0 Å². The van der Waals surface area contributed by atoms with E-state index in [1.54, 1.807) is 7.11 Å². The van der Waals surface area contributed by atoms with Gasteiger partial charge in [-0.1, -0.05) is 54.3 Å². The van der Waals surface area contributed by atoms with Crippen LogP contribution in [0.5, 0.6) is 5.75 Å². The molecule has 0 spiro atoms. The number of aliphatic hydroxyl groups excluding tert-OH is 1. The molecule has 2 N–H and O–H groups in total. The Labute approximate surface area is 218 Å². The summed E-state index contributed by atoms with van der Waals surface area (Å²) >= 11 is 0. The van der Waals surface area contributed by atoms with Gasteiger partial charge >= 0.3 is 6.03 Å². The average molecular weight is 496 g/mol. The molecule has 0 saturated carbocycles. The van der Waals surface area contributed by atoms with E-state index in [-0.39, 0.29) is 30.6 Å². The van der Waals surface area contributed by atoms with E-state index in [1.165, 1.54) is 5.56 Å². The van der Waals surface area contributed by atoms with Crippen LogP contribution in [0.4, 0.5) is 10.5 Å². The molecule has 2 aliphatic heterocycles. The van der Waals surface area contributed by atoms with Crippen LogP contribution in [-0.4, -0.2) is 66.4 Å². The number of para-hydroxylation sites is 2. The van der Waals surface area contributed by atoms with Gasteiger partial charge in [0.05, 0.1) is 19.4 Å². The van der Waals surface area contributed by atoms with Crippen molar-refractivity contribution >= 4 is 11.7 Å². The molecule has 6 heteroatoms. The Morgan fingerprint density at radius 3 is 2.35 bits per heavy atom. The molecule has 5 rings (SSSR count). The predicted octanol–water partition coefficient (Wildman–Crippen LogP) is 4.55. The summed E-state index contributed by atoms with van der Waals surface area (Å²) in [6.07, 6.45) is 1.92. The van der Waals surface area contributed by atoms with Gasteiger partial charge in [-0.05, 0) is 61.3 Å². The summed E-state index contributed by atoms with van der Waals surface area (Å²) < 4.78 is 5.40. The van der Waals surface area contributed by atoms with Crippen molar-refractivity contribution in [1.29, 1.82) is 0 Å². The molecule has 2 saturated heterocycles. The number of carbonyl (C=O) groups excluding carboxylic acids is 1. The van der Waals surface area contributed by atoms with Crippen molar-refractivity contribution in [2.45, 2.75) is 30.8 Å². The first-order valence-corrected chi connectivity index (χ1v) is 12.9. The van der Waals surface area contributed by atoms with Crippen molar-refractivity contribution in [3.63, 3.8) is 0 Å². The highest BCUT2D eigenvalue weighted by atomic mass is 16.5. The molecule has 2 amide bonds. The second-order valence-corrected chi connectivity index (χ2v) is 9.60. The Balaban J connectivity index is 1.32. The van der Waals surface area contributed by atoms with Gasteiger partial charge in [0.15, 0.2) is 0 Å². The maximum atomic E-state index is 13.3. The lowest BCUT2D eigenvalue weighted by atomic mass is 9.74. The average Bonchev–Trinajstić information content (AvgIpc) is 2.92. The number of fused-ring (bicyclic) bond motifs is 1. The van der Waals surface area contributed by atoms with E-state index in [4.69, 9.17) is 4.74 Å². The lowest BCUT2D eigenvalue weighted by Crippen LogP contribution is -2.68. The fraction of sp³-hybridized carbons (Fsp3) is 0.323. The van der Waals surface area contributed by atoms with E-state index in [2.05, 4.69) is 46.3 Å². The number of nitrogens with zero attached hydrogens (tertiary/aromatic N) is 2. The molecule has 2 fully saturated rings. The molecule has 0 unspecified atom stereocenters. The van der Waals surface area contributed by atoms with Gasteiger partial charge in [-0.15, -0.1) is 0 Å². The number of urea groups is 1. The van der Waals surface area contributed by atoms with Crippen LogP contribution in [0, 0.1) is 11.8 Å². The second-order valence-electron chi connectivity index (χ2n) is 9.60. The number of aliphatic hydroxyl groups is 1. The van der Waals surface area contributed by atoms with Crippen molar-refractivity contribution in [1.82, 2.24) is 9.80 Å². The van der Waals surface area contributed by atoms with Gasteiger partial charge in [0.25, 0.3) is 0 Å². The third-order valence-electron chi connectivity index (χ3n) is 7.43. The maximum absolute atomic E-state index is 13.3. The van der Waals surface area contributed by atoms with Crippen molar-refractivity contribution in [3.05, 3.63) is 95.6 Å². The summed E-state index contributed by atoms with van der Waals surface area (Å²) in [5, 5.41) is 13.3. The molecule has 0 aromatic heterocycles. The molecule has 0 radical (unpaired) electrons. The van der Waals surface area contributed by atoms with Gasteiger partial charge in [-0.25, -0.2) is 4.79 Å². The van der Waals surface area contributed by atoms with Crippen LogP contribution in [0.1, 0.15) is 35.4 Å². The van der Waals surface area contributed by atoms with Crippen LogP contribution >= 0.6 is 0 Å². The number of hydrogen-bond acceptors (Lipinski definition) is 4. The van der Waals surface area contributed by atoms with E-state index in [0.29, 0.717) is 24.5 Å². The lowest BCUT2D eigenvalue weighted by Gasteiger charge is -2.57. The number of rotatable bonds is 4. The molecule has 3 aromatic rings. The van der Waals surface area contributed by atoms with E-state index in [0.717, 1.165) is 30.5 Å². The quantitative estimate of drug-likeness (QED) is 0.521. The van der Waals surface area contributed by atoms with Crippen LogP contribution in [0.25, 0.3) is 0 Å². The highest BCUT2D eigenvalue weighted by Gasteiger charge is 2.49. The highest BCUT2D eigenvalue weighted by molar-refractivity contribution is 5.91. The molecular weight excluding hydrogens is 462 g/mol. The van der Waals surface area contributed by atoms with Crippen molar-refractivity contribution in [2.75, 3.05) is 38.7 Å². The first kappa shape index (κ1) is 24.9. The van der Waals surface area contributed by atoms with Crippen molar-refractivity contribution in [3.8, 4) is 17.6 Å². The zero-order valence-corrected chi connectivity index (χ0v) is 21.1. The SMILES string of the molecule is COc1ccccc1NC(=O)N1CCCCN2[C@@H](CO)[C@@H](c3ccc(C#Cc4ccccc4)cc3)[C@@H]2C1. The molecular formula is C31H33N3O3. The molecule has 0 aliphatic carbocycles. The first-order valence-electron chi connectivity index (χ1n) is 12.9. The topological polar surface area (TPSA) is 65.0 Å². The molecule has 3 aromatic carbocycles. The maximum Gasteiger partial charge on any atom is 0.322 e. The third-order valence-corrected chi connectivity index (χ3v) is 7.43. The number of anilines is 1.